The molecule has 0 unspecified atom stereocenters. The number of nitrogens with zero attached hydrogens (tertiary/aromatic N) is 2. The molecular formula is C20H25N3O3. The number of hydrogen-bond donors (Lipinski definition) is 1. The maximum Gasteiger partial charge on any atom is 0.269 e. The van der Waals surface area contributed by atoms with Gasteiger partial charge in [0, 0.05) is 31.5 Å². The number of anilines is 1. The average Bonchev–Trinajstić information content (AvgIpc) is 2.70. The Balaban J connectivity index is 1.81. The highest BCUT2D eigenvalue weighted by Gasteiger charge is 2.20. The van der Waals surface area contributed by atoms with E-state index in [2.05, 4.69) is 21.3 Å². The lowest BCUT2D eigenvalue weighted by molar-refractivity contribution is 0.0948. The number of amides is 1. The molecule has 6 nitrogen and oxygen atoms in total. The van der Waals surface area contributed by atoms with Crippen LogP contribution < -0.4 is 19.7 Å². The lowest BCUT2D eigenvalue weighted by Gasteiger charge is -2.31. The van der Waals surface area contributed by atoms with Gasteiger partial charge in [0.15, 0.2) is 11.5 Å². The van der Waals surface area contributed by atoms with E-state index in [0.29, 0.717) is 12.2 Å². The summed E-state index contributed by atoms with van der Waals surface area (Å²) in [6.45, 7) is 4.32. The topological polar surface area (TPSA) is 63.7 Å². The Labute approximate surface area is 154 Å². The highest BCUT2D eigenvalue weighted by atomic mass is 16.5. The summed E-state index contributed by atoms with van der Waals surface area (Å²) in [4.78, 5) is 18.6. The summed E-state index contributed by atoms with van der Waals surface area (Å²) in [6, 6.07) is 7.90. The Morgan fingerprint density at radius 2 is 1.92 bits per heavy atom. The predicted molar refractivity (Wildman–Crippen MR) is 101 cm³/mol. The smallest absolute Gasteiger partial charge is 0.269 e. The van der Waals surface area contributed by atoms with Crippen LogP contribution in [0.15, 0.2) is 30.5 Å². The monoisotopic (exact) mass is 355 g/mol. The molecule has 3 rings (SSSR count). The number of methoxy groups -OCH3 is 2. The van der Waals surface area contributed by atoms with Gasteiger partial charge in [-0.1, -0.05) is 6.92 Å². The van der Waals surface area contributed by atoms with Gasteiger partial charge in [-0.25, -0.2) is 0 Å². The number of pyridine rings is 1. The van der Waals surface area contributed by atoms with Gasteiger partial charge in [-0.05, 0) is 48.2 Å². The van der Waals surface area contributed by atoms with Crippen LogP contribution in [-0.4, -0.2) is 38.2 Å². The van der Waals surface area contributed by atoms with Gasteiger partial charge >= 0.3 is 0 Å². The van der Waals surface area contributed by atoms with E-state index in [1.165, 1.54) is 11.1 Å². The molecule has 138 valence electrons. The Morgan fingerprint density at radius 3 is 2.62 bits per heavy atom. The summed E-state index contributed by atoms with van der Waals surface area (Å²) >= 11 is 0. The number of ether oxygens (including phenoxy) is 2. The summed E-state index contributed by atoms with van der Waals surface area (Å²) in [5.74, 6) is 1.37. The minimum atomic E-state index is -0.127. The minimum absolute atomic E-state index is 0.127. The van der Waals surface area contributed by atoms with E-state index in [-0.39, 0.29) is 5.91 Å². The van der Waals surface area contributed by atoms with Crippen LogP contribution in [0.1, 0.15) is 35.0 Å². The number of rotatable bonds is 6. The van der Waals surface area contributed by atoms with Crippen LogP contribution in [0.2, 0.25) is 0 Å². The molecule has 1 N–H and O–H groups in total. The van der Waals surface area contributed by atoms with Crippen LogP contribution in [0.25, 0.3) is 0 Å². The van der Waals surface area contributed by atoms with Gasteiger partial charge in [-0.2, -0.15) is 0 Å². The second-order valence-electron chi connectivity index (χ2n) is 6.30. The fourth-order valence-electron chi connectivity index (χ4n) is 3.17. The third-order valence-corrected chi connectivity index (χ3v) is 4.59. The maximum absolute atomic E-state index is 12.2. The fourth-order valence-corrected chi connectivity index (χ4v) is 3.17. The molecule has 1 aliphatic heterocycles. The molecule has 0 atom stereocenters. The fraction of sp³-hybridized carbons (Fsp3) is 0.400. The van der Waals surface area contributed by atoms with Gasteiger partial charge < -0.3 is 19.7 Å². The molecule has 26 heavy (non-hydrogen) atoms. The molecular weight excluding hydrogens is 330 g/mol. The second kappa shape index (κ2) is 8.08. The van der Waals surface area contributed by atoms with Gasteiger partial charge in [0.1, 0.15) is 5.69 Å². The molecule has 0 spiro atoms. The van der Waals surface area contributed by atoms with Crippen LogP contribution >= 0.6 is 0 Å². The van der Waals surface area contributed by atoms with Crippen molar-refractivity contribution in [1.82, 2.24) is 10.3 Å². The van der Waals surface area contributed by atoms with Crippen LogP contribution in [0, 0.1) is 0 Å². The molecule has 0 saturated carbocycles. The van der Waals surface area contributed by atoms with Crippen molar-refractivity contribution < 1.29 is 14.3 Å². The summed E-state index contributed by atoms with van der Waals surface area (Å²) in [6.07, 6.45) is 3.51. The first kappa shape index (κ1) is 18.0. The number of hydrogen-bond acceptors (Lipinski definition) is 5. The maximum atomic E-state index is 12.2. The molecule has 1 aromatic carbocycles. The van der Waals surface area contributed by atoms with Crippen molar-refractivity contribution in [1.29, 1.82) is 0 Å². The van der Waals surface area contributed by atoms with Crippen LogP contribution in [0.5, 0.6) is 11.5 Å². The quantitative estimate of drug-likeness (QED) is 0.863. The van der Waals surface area contributed by atoms with Crippen molar-refractivity contribution in [2.45, 2.75) is 26.3 Å². The van der Waals surface area contributed by atoms with Gasteiger partial charge in [0.25, 0.3) is 5.91 Å². The first-order chi connectivity index (χ1) is 12.7. The first-order valence-corrected chi connectivity index (χ1v) is 8.89. The van der Waals surface area contributed by atoms with E-state index in [1.807, 2.05) is 25.1 Å². The lowest BCUT2D eigenvalue weighted by Crippen LogP contribution is -2.31. The van der Waals surface area contributed by atoms with Crippen molar-refractivity contribution >= 4 is 11.6 Å². The second-order valence-corrected chi connectivity index (χ2v) is 6.30. The normalized spacial score (nSPS) is 13.1. The highest BCUT2D eigenvalue weighted by Crippen LogP contribution is 2.34. The summed E-state index contributed by atoms with van der Waals surface area (Å²) in [5.41, 5.74) is 3.94. The third kappa shape index (κ3) is 3.74. The van der Waals surface area contributed by atoms with E-state index in [1.54, 1.807) is 20.4 Å². The van der Waals surface area contributed by atoms with Gasteiger partial charge in [-0.3, -0.25) is 9.78 Å². The number of aromatic nitrogens is 1. The number of nitrogens with one attached hydrogen (secondary N) is 1. The van der Waals surface area contributed by atoms with Gasteiger partial charge in [-0.15, -0.1) is 0 Å². The van der Waals surface area contributed by atoms with Crippen LogP contribution in [0.3, 0.4) is 0 Å². The molecule has 0 bridgehead atoms. The molecule has 0 saturated heterocycles. The Hall–Kier alpha value is -2.76. The summed E-state index contributed by atoms with van der Waals surface area (Å²) < 4.78 is 10.8. The van der Waals surface area contributed by atoms with Crippen LogP contribution in [-0.2, 0) is 13.0 Å². The standard InChI is InChI=1S/C20H25N3O3/c1-4-7-22-20(24)17-12-16(5-8-21-17)23-9-6-14-10-18(25-2)19(26-3)11-15(14)13-23/h5,8,10-12H,4,6-7,9,13H2,1-3H3,(H,22,24). The SMILES string of the molecule is CCCNC(=O)c1cc(N2CCc3cc(OC)c(OC)cc3C2)ccn1. The van der Waals surface area contributed by atoms with Crippen molar-refractivity contribution in [2.24, 2.45) is 0 Å². The minimum Gasteiger partial charge on any atom is -0.493 e. The van der Waals surface area contributed by atoms with Crippen molar-refractivity contribution in [2.75, 3.05) is 32.2 Å². The summed E-state index contributed by atoms with van der Waals surface area (Å²) in [7, 11) is 3.30. The van der Waals surface area contributed by atoms with E-state index in [0.717, 1.165) is 43.1 Å². The Bertz CT molecular complexity index is 792. The predicted octanol–water partition coefficient (Wildman–Crippen LogP) is 2.80. The zero-order valence-electron chi connectivity index (χ0n) is 15.5. The van der Waals surface area contributed by atoms with Gasteiger partial charge in [0.2, 0.25) is 0 Å². The molecule has 1 aliphatic rings. The molecule has 2 aromatic rings. The van der Waals surface area contributed by atoms with E-state index >= 15 is 0 Å². The number of fused-ring (bicyclic) bond motifs is 1. The van der Waals surface area contributed by atoms with Crippen LogP contribution in [0.4, 0.5) is 5.69 Å². The van der Waals surface area contributed by atoms with Crippen molar-refractivity contribution in [3.63, 3.8) is 0 Å². The highest BCUT2D eigenvalue weighted by molar-refractivity contribution is 5.93. The van der Waals surface area contributed by atoms with Crippen molar-refractivity contribution in [3.05, 3.63) is 47.3 Å². The largest absolute Gasteiger partial charge is 0.493 e. The Kier molecular flexibility index (Phi) is 5.61. The molecule has 1 aromatic heterocycles. The number of carbonyl (C=O) groups is 1. The molecule has 2 heterocycles. The number of carbonyl (C=O) groups excluding carboxylic acids is 1. The van der Waals surface area contributed by atoms with Crippen molar-refractivity contribution in [3.8, 4) is 11.5 Å². The molecule has 1 amide bonds. The summed E-state index contributed by atoms with van der Waals surface area (Å²) in [5, 5.41) is 2.87. The van der Waals surface area contributed by atoms with E-state index in [9.17, 15) is 4.79 Å². The van der Waals surface area contributed by atoms with E-state index < -0.39 is 0 Å². The molecule has 6 heteroatoms. The third-order valence-electron chi connectivity index (χ3n) is 4.59. The zero-order valence-corrected chi connectivity index (χ0v) is 15.5. The number of benzene rings is 1. The average molecular weight is 355 g/mol. The molecule has 0 aliphatic carbocycles. The molecule has 0 radical (unpaired) electrons. The molecule has 0 fully saturated rings. The zero-order chi connectivity index (χ0) is 18.5. The Morgan fingerprint density at radius 1 is 1.19 bits per heavy atom. The van der Waals surface area contributed by atoms with E-state index in [4.69, 9.17) is 9.47 Å². The first-order valence-electron chi connectivity index (χ1n) is 8.89. The van der Waals surface area contributed by atoms with Gasteiger partial charge in [0.05, 0.1) is 14.2 Å². The lowest BCUT2D eigenvalue weighted by atomic mass is 9.98.